The quantitative estimate of drug-likeness (QED) is 0.420. The summed E-state index contributed by atoms with van der Waals surface area (Å²) < 4.78 is 2.19. The number of carbonyl (C=O) groups is 1. The lowest BCUT2D eigenvalue weighted by atomic mass is 9.77. The predicted octanol–water partition coefficient (Wildman–Crippen LogP) is 6.57. The highest BCUT2D eigenvalue weighted by molar-refractivity contribution is 5.96. The molecule has 1 aliphatic rings. The first-order valence-electron chi connectivity index (χ1n) is 12.0. The molecule has 2 aromatic heterocycles. The van der Waals surface area contributed by atoms with Gasteiger partial charge in [-0.05, 0) is 60.4 Å². The van der Waals surface area contributed by atoms with Gasteiger partial charge in [0, 0.05) is 47.7 Å². The zero-order valence-corrected chi connectivity index (χ0v) is 20.7. The van der Waals surface area contributed by atoms with Gasteiger partial charge in [-0.25, -0.2) is 0 Å². The molecule has 3 aromatic rings. The molecule has 172 valence electrons. The molecule has 4 heteroatoms. The van der Waals surface area contributed by atoms with Crippen LogP contribution in [0, 0.1) is 12.3 Å². The van der Waals surface area contributed by atoms with Crippen LogP contribution in [-0.4, -0.2) is 15.3 Å². The Morgan fingerprint density at radius 2 is 1.88 bits per heavy atom. The first-order chi connectivity index (χ1) is 15.6. The molecule has 3 heterocycles. The highest BCUT2D eigenvalue weighted by Crippen LogP contribution is 2.44. The fourth-order valence-corrected chi connectivity index (χ4v) is 4.91. The lowest BCUT2D eigenvalue weighted by Crippen LogP contribution is -2.33. The SMILES string of the molecule is CCCC(=O)c1cn2c(cc1=O)-c1cc(CC)c(-c3ccc(C)nc3)cc1CC2C(C)(C)C. The number of aryl methyl sites for hydroxylation is 2. The van der Waals surface area contributed by atoms with Gasteiger partial charge in [-0.15, -0.1) is 0 Å². The molecule has 0 fully saturated rings. The second-order valence-electron chi connectivity index (χ2n) is 10.3. The number of fused-ring (bicyclic) bond motifs is 3. The normalized spacial score (nSPS) is 15.2. The van der Waals surface area contributed by atoms with Crippen molar-refractivity contribution in [2.45, 2.75) is 73.3 Å². The molecule has 1 aliphatic heterocycles. The van der Waals surface area contributed by atoms with Crippen LogP contribution in [0.5, 0.6) is 0 Å². The van der Waals surface area contributed by atoms with Crippen molar-refractivity contribution in [3.05, 3.63) is 75.3 Å². The van der Waals surface area contributed by atoms with Crippen molar-refractivity contribution in [2.24, 2.45) is 5.41 Å². The van der Waals surface area contributed by atoms with Crippen LogP contribution in [0.2, 0.25) is 0 Å². The van der Waals surface area contributed by atoms with E-state index in [1.165, 1.54) is 16.7 Å². The second kappa shape index (κ2) is 8.74. The van der Waals surface area contributed by atoms with Crippen LogP contribution >= 0.6 is 0 Å². The molecule has 33 heavy (non-hydrogen) atoms. The number of ketones is 1. The Balaban J connectivity index is 1.95. The molecule has 0 aliphatic carbocycles. The van der Waals surface area contributed by atoms with Crippen molar-refractivity contribution in [3.8, 4) is 22.4 Å². The zero-order valence-electron chi connectivity index (χ0n) is 20.7. The molecule has 0 N–H and O–H groups in total. The van der Waals surface area contributed by atoms with Crippen LogP contribution in [-0.2, 0) is 12.8 Å². The average Bonchev–Trinajstić information content (AvgIpc) is 2.77. The number of hydrogen-bond acceptors (Lipinski definition) is 3. The maximum atomic E-state index is 13.0. The molecule has 0 spiro atoms. The maximum Gasteiger partial charge on any atom is 0.192 e. The Morgan fingerprint density at radius 3 is 2.48 bits per heavy atom. The average molecular weight is 443 g/mol. The van der Waals surface area contributed by atoms with Gasteiger partial charge < -0.3 is 4.57 Å². The fraction of sp³-hybridized carbons (Fsp3) is 0.414. The van der Waals surface area contributed by atoms with E-state index >= 15 is 0 Å². The summed E-state index contributed by atoms with van der Waals surface area (Å²) in [5.41, 5.74) is 7.93. The van der Waals surface area contributed by atoms with Crippen molar-refractivity contribution in [2.75, 3.05) is 0 Å². The summed E-state index contributed by atoms with van der Waals surface area (Å²) in [6.45, 7) is 12.8. The Morgan fingerprint density at radius 1 is 1.12 bits per heavy atom. The Kier molecular flexibility index (Phi) is 6.13. The summed E-state index contributed by atoms with van der Waals surface area (Å²) in [5, 5.41) is 0. The van der Waals surface area contributed by atoms with Gasteiger partial charge in [0.15, 0.2) is 11.2 Å². The van der Waals surface area contributed by atoms with E-state index in [1.54, 1.807) is 6.07 Å². The number of benzene rings is 1. The van der Waals surface area contributed by atoms with Crippen LogP contribution in [0.4, 0.5) is 0 Å². The van der Waals surface area contributed by atoms with E-state index in [4.69, 9.17) is 0 Å². The highest BCUT2D eigenvalue weighted by atomic mass is 16.1. The van der Waals surface area contributed by atoms with E-state index in [0.717, 1.165) is 41.8 Å². The van der Waals surface area contributed by atoms with Crippen LogP contribution in [0.1, 0.15) is 80.7 Å². The maximum absolute atomic E-state index is 13.0. The lowest BCUT2D eigenvalue weighted by molar-refractivity contribution is 0.0979. The molecule has 0 radical (unpaired) electrons. The Hall–Kier alpha value is -3.01. The zero-order chi connectivity index (χ0) is 23.9. The van der Waals surface area contributed by atoms with Gasteiger partial charge in [-0.2, -0.15) is 0 Å². The molecule has 0 saturated carbocycles. The minimum atomic E-state index is -0.176. The molecule has 1 unspecified atom stereocenters. The standard InChI is InChI=1S/C29H34N2O2/c1-7-9-26(32)24-17-31-25(15-27(24)33)23-12-19(8-2)22(20-11-10-18(3)30-16-20)13-21(23)14-28(31)29(4,5)6/h10-13,15-17,28H,7-9,14H2,1-6H3. The number of Topliss-reactive ketones (excluding diaryl/α,β-unsaturated/α-hetero) is 1. The first kappa shape index (κ1) is 23.2. The van der Waals surface area contributed by atoms with E-state index in [9.17, 15) is 9.59 Å². The molecule has 0 saturated heterocycles. The third-order valence-electron chi connectivity index (χ3n) is 6.81. The molecule has 0 amide bonds. The smallest absolute Gasteiger partial charge is 0.192 e. The summed E-state index contributed by atoms with van der Waals surface area (Å²) in [7, 11) is 0. The van der Waals surface area contributed by atoms with Gasteiger partial charge in [-0.3, -0.25) is 14.6 Å². The highest BCUT2D eigenvalue weighted by Gasteiger charge is 2.34. The molecule has 1 aromatic carbocycles. The molecule has 4 rings (SSSR count). The van der Waals surface area contributed by atoms with Gasteiger partial charge in [0.1, 0.15) is 0 Å². The lowest BCUT2D eigenvalue weighted by Gasteiger charge is -2.39. The fourth-order valence-electron chi connectivity index (χ4n) is 4.91. The number of aromatic nitrogens is 2. The summed E-state index contributed by atoms with van der Waals surface area (Å²) in [6.07, 6.45) is 6.66. The van der Waals surface area contributed by atoms with Crippen LogP contribution < -0.4 is 5.43 Å². The van der Waals surface area contributed by atoms with E-state index in [0.29, 0.717) is 12.0 Å². The summed E-state index contributed by atoms with van der Waals surface area (Å²) in [5.74, 6) is -0.0623. The third-order valence-corrected chi connectivity index (χ3v) is 6.81. The van der Waals surface area contributed by atoms with Gasteiger partial charge in [0.25, 0.3) is 0 Å². The number of rotatable bonds is 5. The molecular formula is C29H34N2O2. The molecular weight excluding hydrogens is 408 g/mol. The van der Waals surface area contributed by atoms with Crippen molar-refractivity contribution >= 4 is 5.78 Å². The molecule has 0 bridgehead atoms. The Labute approximate surface area is 196 Å². The van der Waals surface area contributed by atoms with Gasteiger partial charge in [0.2, 0.25) is 0 Å². The molecule has 1 atom stereocenters. The van der Waals surface area contributed by atoms with Crippen LogP contribution in [0.3, 0.4) is 0 Å². The van der Waals surface area contributed by atoms with Crippen molar-refractivity contribution < 1.29 is 4.79 Å². The second-order valence-corrected chi connectivity index (χ2v) is 10.3. The predicted molar refractivity (Wildman–Crippen MR) is 135 cm³/mol. The summed E-state index contributed by atoms with van der Waals surface area (Å²) in [6, 6.07) is 10.6. The minimum absolute atomic E-state index is 0.0401. The Bertz CT molecular complexity index is 1260. The monoisotopic (exact) mass is 442 g/mol. The van der Waals surface area contributed by atoms with E-state index in [-0.39, 0.29) is 22.7 Å². The van der Waals surface area contributed by atoms with E-state index in [1.807, 2.05) is 26.2 Å². The largest absolute Gasteiger partial charge is 0.343 e. The number of nitrogens with zero attached hydrogens (tertiary/aromatic N) is 2. The van der Waals surface area contributed by atoms with Gasteiger partial charge >= 0.3 is 0 Å². The third kappa shape index (κ3) is 4.31. The van der Waals surface area contributed by atoms with E-state index < -0.39 is 0 Å². The van der Waals surface area contributed by atoms with E-state index in [2.05, 4.69) is 61.5 Å². The number of hydrogen-bond donors (Lipinski definition) is 0. The van der Waals surface area contributed by atoms with Crippen LogP contribution in [0.15, 0.2) is 47.5 Å². The molecule has 4 nitrogen and oxygen atoms in total. The van der Waals surface area contributed by atoms with Gasteiger partial charge in [0.05, 0.1) is 11.3 Å². The summed E-state index contributed by atoms with van der Waals surface area (Å²) in [4.78, 5) is 30.2. The number of pyridine rings is 2. The van der Waals surface area contributed by atoms with Crippen molar-refractivity contribution in [1.82, 2.24) is 9.55 Å². The van der Waals surface area contributed by atoms with Crippen LogP contribution in [0.25, 0.3) is 22.4 Å². The van der Waals surface area contributed by atoms with Gasteiger partial charge in [-0.1, -0.05) is 46.8 Å². The summed E-state index contributed by atoms with van der Waals surface area (Å²) >= 11 is 0. The topological polar surface area (TPSA) is 52.0 Å². The first-order valence-corrected chi connectivity index (χ1v) is 12.0. The minimum Gasteiger partial charge on any atom is -0.343 e. The number of carbonyl (C=O) groups excluding carboxylic acids is 1. The van der Waals surface area contributed by atoms with Crippen molar-refractivity contribution in [1.29, 1.82) is 0 Å². The van der Waals surface area contributed by atoms with Crippen molar-refractivity contribution in [3.63, 3.8) is 0 Å².